The van der Waals surface area contributed by atoms with Crippen LogP contribution in [-0.2, 0) is 4.79 Å². The second kappa shape index (κ2) is 8.30. The number of carbonyl (C=O) groups excluding carboxylic acids is 1. The highest BCUT2D eigenvalue weighted by molar-refractivity contribution is 5.93. The first-order valence-corrected chi connectivity index (χ1v) is 8.33. The van der Waals surface area contributed by atoms with Crippen LogP contribution in [0.4, 0.5) is 5.69 Å². The van der Waals surface area contributed by atoms with Gasteiger partial charge in [-0.1, -0.05) is 37.5 Å². The Morgan fingerprint density at radius 1 is 1.23 bits per heavy atom. The first kappa shape index (κ1) is 17.0. The second-order valence-corrected chi connectivity index (χ2v) is 6.30. The van der Waals surface area contributed by atoms with Crippen molar-refractivity contribution in [2.45, 2.75) is 52.0 Å². The third-order valence-electron chi connectivity index (χ3n) is 4.57. The van der Waals surface area contributed by atoms with Gasteiger partial charge in [0.05, 0.1) is 13.2 Å². The largest absolute Gasteiger partial charge is 0.395 e. The molecule has 22 heavy (non-hydrogen) atoms. The molecule has 1 aliphatic rings. The number of aliphatic hydroxyl groups is 1. The molecule has 0 atom stereocenters. The first-order valence-electron chi connectivity index (χ1n) is 8.33. The van der Waals surface area contributed by atoms with Crippen molar-refractivity contribution in [1.29, 1.82) is 0 Å². The molecule has 0 heterocycles. The molecule has 1 fully saturated rings. The minimum absolute atomic E-state index is 0.0106. The van der Waals surface area contributed by atoms with Gasteiger partial charge in [-0.25, -0.2) is 0 Å². The quantitative estimate of drug-likeness (QED) is 0.849. The highest BCUT2D eigenvalue weighted by atomic mass is 16.3. The van der Waals surface area contributed by atoms with Gasteiger partial charge >= 0.3 is 0 Å². The number of para-hydroxylation sites is 1. The molecule has 122 valence electrons. The van der Waals surface area contributed by atoms with Gasteiger partial charge in [0.1, 0.15) is 0 Å². The predicted molar refractivity (Wildman–Crippen MR) is 90.1 cm³/mol. The monoisotopic (exact) mass is 304 g/mol. The summed E-state index contributed by atoms with van der Waals surface area (Å²) in [5.74, 6) is 0.0106. The van der Waals surface area contributed by atoms with E-state index in [4.69, 9.17) is 0 Å². The molecule has 4 heteroatoms. The number of hydrogen-bond acceptors (Lipinski definition) is 3. The number of nitrogens with one attached hydrogen (secondary N) is 1. The van der Waals surface area contributed by atoms with Crippen molar-refractivity contribution in [3.8, 4) is 0 Å². The minimum Gasteiger partial charge on any atom is -0.395 e. The molecular formula is C18H28N2O2. The topological polar surface area (TPSA) is 52.6 Å². The molecule has 0 bridgehead atoms. The number of carbonyl (C=O) groups is 1. The van der Waals surface area contributed by atoms with E-state index < -0.39 is 0 Å². The summed E-state index contributed by atoms with van der Waals surface area (Å²) in [6, 6.07) is 6.45. The molecule has 0 radical (unpaired) electrons. The van der Waals surface area contributed by atoms with Gasteiger partial charge in [-0.05, 0) is 37.8 Å². The maximum absolute atomic E-state index is 12.4. The molecule has 0 saturated heterocycles. The van der Waals surface area contributed by atoms with Gasteiger partial charge < -0.3 is 10.4 Å². The van der Waals surface area contributed by atoms with E-state index in [1.54, 1.807) is 0 Å². The summed E-state index contributed by atoms with van der Waals surface area (Å²) in [5.41, 5.74) is 3.08. The van der Waals surface area contributed by atoms with Crippen LogP contribution in [0.3, 0.4) is 0 Å². The fraction of sp³-hybridized carbons (Fsp3) is 0.611. The lowest BCUT2D eigenvalue weighted by atomic mass is 9.94. The summed E-state index contributed by atoms with van der Waals surface area (Å²) < 4.78 is 0. The van der Waals surface area contributed by atoms with Crippen molar-refractivity contribution >= 4 is 11.6 Å². The van der Waals surface area contributed by atoms with E-state index >= 15 is 0 Å². The molecule has 2 rings (SSSR count). The lowest BCUT2D eigenvalue weighted by Crippen LogP contribution is -2.43. The molecule has 0 spiro atoms. The first-order chi connectivity index (χ1) is 10.6. The van der Waals surface area contributed by atoms with Crippen LogP contribution in [0, 0.1) is 13.8 Å². The molecule has 1 aromatic rings. The number of benzene rings is 1. The zero-order valence-corrected chi connectivity index (χ0v) is 13.8. The summed E-state index contributed by atoms with van der Waals surface area (Å²) in [6.45, 7) is 5.06. The number of aryl methyl sites for hydroxylation is 2. The molecule has 0 aliphatic heterocycles. The molecule has 1 amide bonds. The lowest BCUT2D eigenvalue weighted by Gasteiger charge is -2.33. The number of nitrogens with zero attached hydrogens (tertiary/aromatic N) is 1. The number of anilines is 1. The van der Waals surface area contributed by atoms with Crippen LogP contribution >= 0.6 is 0 Å². The fourth-order valence-corrected chi connectivity index (χ4v) is 3.34. The molecule has 1 aliphatic carbocycles. The van der Waals surface area contributed by atoms with Crippen LogP contribution < -0.4 is 5.32 Å². The maximum Gasteiger partial charge on any atom is 0.238 e. The summed E-state index contributed by atoms with van der Waals surface area (Å²) in [4.78, 5) is 14.6. The van der Waals surface area contributed by atoms with Gasteiger partial charge in [0.25, 0.3) is 0 Å². The molecule has 1 saturated carbocycles. The predicted octanol–water partition coefficient (Wildman–Crippen LogP) is 2.87. The van der Waals surface area contributed by atoms with E-state index in [2.05, 4.69) is 10.2 Å². The minimum atomic E-state index is 0.0106. The molecular weight excluding hydrogens is 276 g/mol. The number of amides is 1. The third kappa shape index (κ3) is 4.55. The van der Waals surface area contributed by atoms with Crippen molar-refractivity contribution in [1.82, 2.24) is 4.90 Å². The average molecular weight is 304 g/mol. The Morgan fingerprint density at radius 2 is 1.86 bits per heavy atom. The number of hydrogen-bond donors (Lipinski definition) is 2. The highest BCUT2D eigenvalue weighted by Crippen LogP contribution is 2.23. The van der Waals surface area contributed by atoms with E-state index in [0.717, 1.165) is 29.7 Å². The smallest absolute Gasteiger partial charge is 0.238 e. The van der Waals surface area contributed by atoms with Gasteiger partial charge in [-0.2, -0.15) is 0 Å². The van der Waals surface area contributed by atoms with Gasteiger partial charge in [0, 0.05) is 18.3 Å². The van der Waals surface area contributed by atoms with Crippen LogP contribution in [0.1, 0.15) is 43.2 Å². The van der Waals surface area contributed by atoms with Crippen molar-refractivity contribution in [2.24, 2.45) is 0 Å². The van der Waals surface area contributed by atoms with Crippen LogP contribution in [0.25, 0.3) is 0 Å². The SMILES string of the molecule is Cc1cccc(C)c1NC(=O)CN(CCO)C1CCCCC1. The lowest BCUT2D eigenvalue weighted by molar-refractivity contribution is -0.118. The van der Waals surface area contributed by atoms with E-state index in [-0.39, 0.29) is 12.5 Å². The zero-order chi connectivity index (χ0) is 15.9. The highest BCUT2D eigenvalue weighted by Gasteiger charge is 2.23. The Hall–Kier alpha value is -1.39. The van der Waals surface area contributed by atoms with Gasteiger partial charge in [-0.3, -0.25) is 9.69 Å². The standard InChI is InChI=1S/C18H28N2O2/c1-14-7-6-8-15(2)18(14)19-17(22)13-20(11-12-21)16-9-4-3-5-10-16/h6-8,16,21H,3-5,9-13H2,1-2H3,(H,19,22). The van der Waals surface area contributed by atoms with Crippen LogP contribution in [0.15, 0.2) is 18.2 Å². The van der Waals surface area contributed by atoms with Gasteiger partial charge in [-0.15, -0.1) is 0 Å². The Kier molecular flexibility index (Phi) is 6.40. The van der Waals surface area contributed by atoms with Crippen molar-refractivity contribution in [2.75, 3.05) is 25.0 Å². The van der Waals surface area contributed by atoms with Gasteiger partial charge in [0.15, 0.2) is 0 Å². The Labute approximate surface area is 133 Å². The number of aliphatic hydroxyl groups excluding tert-OH is 1. The van der Waals surface area contributed by atoms with E-state index in [0.29, 0.717) is 19.1 Å². The molecule has 0 aromatic heterocycles. The second-order valence-electron chi connectivity index (χ2n) is 6.30. The Morgan fingerprint density at radius 3 is 2.45 bits per heavy atom. The Balaban J connectivity index is 1.98. The van der Waals surface area contributed by atoms with Crippen molar-refractivity contribution in [3.05, 3.63) is 29.3 Å². The van der Waals surface area contributed by atoms with Crippen LogP contribution in [0.5, 0.6) is 0 Å². The molecule has 4 nitrogen and oxygen atoms in total. The zero-order valence-electron chi connectivity index (χ0n) is 13.8. The van der Waals surface area contributed by atoms with E-state index in [1.807, 2.05) is 32.0 Å². The summed E-state index contributed by atoms with van der Waals surface area (Å²) in [7, 11) is 0. The normalized spacial score (nSPS) is 16.0. The van der Waals surface area contributed by atoms with E-state index in [9.17, 15) is 9.90 Å². The van der Waals surface area contributed by atoms with Crippen LogP contribution in [0.2, 0.25) is 0 Å². The van der Waals surface area contributed by atoms with Crippen molar-refractivity contribution in [3.63, 3.8) is 0 Å². The van der Waals surface area contributed by atoms with Crippen molar-refractivity contribution < 1.29 is 9.90 Å². The van der Waals surface area contributed by atoms with E-state index in [1.165, 1.54) is 19.3 Å². The third-order valence-corrected chi connectivity index (χ3v) is 4.57. The summed E-state index contributed by atoms with van der Waals surface area (Å²) in [6.07, 6.45) is 6.02. The van der Waals surface area contributed by atoms with Gasteiger partial charge in [0.2, 0.25) is 5.91 Å². The molecule has 1 aromatic carbocycles. The summed E-state index contributed by atoms with van der Waals surface area (Å²) >= 11 is 0. The molecule has 0 unspecified atom stereocenters. The Bertz CT molecular complexity index is 476. The summed E-state index contributed by atoms with van der Waals surface area (Å²) in [5, 5.41) is 12.3. The maximum atomic E-state index is 12.4. The fourth-order valence-electron chi connectivity index (χ4n) is 3.34. The number of rotatable bonds is 6. The average Bonchev–Trinajstić information content (AvgIpc) is 2.51. The van der Waals surface area contributed by atoms with Crippen LogP contribution in [-0.4, -0.2) is 41.7 Å². The molecule has 2 N–H and O–H groups in total.